The SMILES string of the molecule is CCOCC(C)Nc1cccc(OC(C)CC)c1. The maximum absolute atomic E-state index is 5.80. The van der Waals surface area contributed by atoms with E-state index in [2.05, 4.69) is 26.1 Å². The van der Waals surface area contributed by atoms with E-state index in [0.717, 1.165) is 24.5 Å². The van der Waals surface area contributed by atoms with Crippen molar-refractivity contribution < 1.29 is 9.47 Å². The quantitative estimate of drug-likeness (QED) is 0.764. The highest BCUT2D eigenvalue weighted by molar-refractivity contribution is 5.48. The molecule has 18 heavy (non-hydrogen) atoms. The van der Waals surface area contributed by atoms with Crippen molar-refractivity contribution >= 4 is 5.69 Å². The molecule has 0 heterocycles. The molecule has 0 aliphatic heterocycles. The van der Waals surface area contributed by atoms with Gasteiger partial charge in [-0.3, -0.25) is 0 Å². The minimum absolute atomic E-state index is 0.251. The van der Waals surface area contributed by atoms with Crippen LogP contribution in [-0.4, -0.2) is 25.4 Å². The number of hydrogen-bond acceptors (Lipinski definition) is 3. The van der Waals surface area contributed by atoms with Crippen LogP contribution in [0.3, 0.4) is 0 Å². The summed E-state index contributed by atoms with van der Waals surface area (Å²) in [5, 5.41) is 3.40. The molecule has 3 heteroatoms. The van der Waals surface area contributed by atoms with Gasteiger partial charge in [0, 0.05) is 24.4 Å². The van der Waals surface area contributed by atoms with Crippen molar-refractivity contribution in [3.8, 4) is 5.75 Å². The van der Waals surface area contributed by atoms with Gasteiger partial charge in [0.2, 0.25) is 0 Å². The van der Waals surface area contributed by atoms with Crippen LogP contribution < -0.4 is 10.1 Å². The predicted molar refractivity (Wildman–Crippen MR) is 76.4 cm³/mol. The smallest absolute Gasteiger partial charge is 0.121 e. The van der Waals surface area contributed by atoms with Crippen LogP contribution in [0.25, 0.3) is 0 Å². The lowest BCUT2D eigenvalue weighted by atomic mass is 10.2. The van der Waals surface area contributed by atoms with Crippen LogP contribution in [0.5, 0.6) is 5.75 Å². The summed E-state index contributed by atoms with van der Waals surface area (Å²) in [7, 11) is 0. The van der Waals surface area contributed by atoms with Gasteiger partial charge in [0.15, 0.2) is 0 Å². The lowest BCUT2D eigenvalue weighted by Gasteiger charge is -2.17. The molecular weight excluding hydrogens is 226 g/mol. The summed E-state index contributed by atoms with van der Waals surface area (Å²) in [4.78, 5) is 0. The molecule has 0 aliphatic carbocycles. The van der Waals surface area contributed by atoms with Crippen molar-refractivity contribution in [1.29, 1.82) is 0 Å². The number of rotatable bonds is 8. The Kier molecular flexibility index (Phi) is 6.58. The summed E-state index contributed by atoms with van der Waals surface area (Å²) in [6.45, 7) is 9.79. The maximum Gasteiger partial charge on any atom is 0.121 e. The first kappa shape index (κ1) is 14.8. The summed E-state index contributed by atoms with van der Waals surface area (Å²) < 4.78 is 11.2. The molecule has 0 fully saturated rings. The van der Waals surface area contributed by atoms with E-state index in [4.69, 9.17) is 9.47 Å². The van der Waals surface area contributed by atoms with Crippen LogP contribution in [0.15, 0.2) is 24.3 Å². The second-order valence-corrected chi connectivity index (χ2v) is 4.57. The summed E-state index contributed by atoms with van der Waals surface area (Å²) in [6, 6.07) is 8.38. The van der Waals surface area contributed by atoms with Crippen molar-refractivity contribution in [2.24, 2.45) is 0 Å². The normalized spacial score (nSPS) is 14.0. The molecule has 1 aromatic rings. The Labute approximate surface area is 110 Å². The fraction of sp³-hybridized carbons (Fsp3) is 0.600. The highest BCUT2D eigenvalue weighted by Gasteiger charge is 2.04. The van der Waals surface area contributed by atoms with Gasteiger partial charge in [-0.25, -0.2) is 0 Å². The van der Waals surface area contributed by atoms with Gasteiger partial charge in [-0.15, -0.1) is 0 Å². The fourth-order valence-electron chi connectivity index (χ4n) is 1.60. The van der Waals surface area contributed by atoms with Gasteiger partial charge in [0.05, 0.1) is 12.7 Å². The molecule has 2 atom stereocenters. The average Bonchev–Trinajstić information content (AvgIpc) is 2.36. The average molecular weight is 251 g/mol. The van der Waals surface area contributed by atoms with Crippen molar-refractivity contribution in [2.75, 3.05) is 18.5 Å². The largest absolute Gasteiger partial charge is 0.491 e. The zero-order valence-electron chi connectivity index (χ0n) is 11.9. The Hall–Kier alpha value is -1.22. The lowest BCUT2D eigenvalue weighted by molar-refractivity contribution is 0.141. The fourth-order valence-corrected chi connectivity index (χ4v) is 1.60. The van der Waals surface area contributed by atoms with Gasteiger partial charge in [-0.05, 0) is 39.3 Å². The van der Waals surface area contributed by atoms with Gasteiger partial charge in [-0.1, -0.05) is 13.0 Å². The van der Waals surface area contributed by atoms with Gasteiger partial charge in [-0.2, -0.15) is 0 Å². The molecule has 0 amide bonds. The number of benzene rings is 1. The Balaban J connectivity index is 2.53. The summed E-state index contributed by atoms with van der Waals surface area (Å²) >= 11 is 0. The molecule has 0 saturated carbocycles. The van der Waals surface area contributed by atoms with Gasteiger partial charge in [0.1, 0.15) is 5.75 Å². The van der Waals surface area contributed by atoms with Crippen LogP contribution in [0.4, 0.5) is 5.69 Å². The molecular formula is C15H25NO2. The third-order valence-electron chi connectivity index (χ3n) is 2.73. The van der Waals surface area contributed by atoms with Gasteiger partial charge < -0.3 is 14.8 Å². The van der Waals surface area contributed by atoms with Crippen LogP contribution in [0, 0.1) is 0 Å². The Morgan fingerprint density at radius 2 is 2.00 bits per heavy atom. The van der Waals surface area contributed by atoms with Crippen LogP contribution >= 0.6 is 0 Å². The Morgan fingerprint density at radius 3 is 2.67 bits per heavy atom. The van der Waals surface area contributed by atoms with Crippen molar-refractivity contribution in [2.45, 2.75) is 46.3 Å². The Morgan fingerprint density at radius 1 is 1.22 bits per heavy atom. The van der Waals surface area contributed by atoms with E-state index < -0.39 is 0 Å². The van der Waals surface area contributed by atoms with E-state index in [0.29, 0.717) is 12.6 Å². The van der Waals surface area contributed by atoms with E-state index in [-0.39, 0.29) is 6.10 Å². The molecule has 0 saturated heterocycles. The van der Waals surface area contributed by atoms with Crippen LogP contribution in [0.2, 0.25) is 0 Å². The first-order chi connectivity index (χ1) is 8.65. The molecule has 0 aliphatic rings. The zero-order chi connectivity index (χ0) is 13.4. The molecule has 1 rings (SSSR count). The maximum atomic E-state index is 5.80. The molecule has 102 valence electrons. The molecule has 3 nitrogen and oxygen atoms in total. The minimum atomic E-state index is 0.251. The molecule has 0 bridgehead atoms. The van der Waals surface area contributed by atoms with Gasteiger partial charge in [0.25, 0.3) is 0 Å². The standard InChI is InChI=1S/C15H25NO2/c1-5-13(4)18-15-9-7-8-14(10-15)16-12(3)11-17-6-2/h7-10,12-13,16H,5-6,11H2,1-4H3. The molecule has 0 aromatic heterocycles. The highest BCUT2D eigenvalue weighted by Crippen LogP contribution is 2.19. The molecule has 2 unspecified atom stereocenters. The first-order valence-corrected chi connectivity index (χ1v) is 6.76. The number of ether oxygens (including phenoxy) is 2. The van der Waals surface area contributed by atoms with E-state index in [1.165, 1.54) is 0 Å². The minimum Gasteiger partial charge on any atom is -0.491 e. The zero-order valence-corrected chi connectivity index (χ0v) is 11.9. The molecule has 0 spiro atoms. The molecule has 1 aromatic carbocycles. The van der Waals surface area contributed by atoms with E-state index >= 15 is 0 Å². The number of anilines is 1. The van der Waals surface area contributed by atoms with Crippen molar-refractivity contribution in [3.05, 3.63) is 24.3 Å². The second-order valence-electron chi connectivity index (χ2n) is 4.57. The third-order valence-corrected chi connectivity index (χ3v) is 2.73. The Bertz CT molecular complexity index is 341. The van der Waals surface area contributed by atoms with E-state index in [1.54, 1.807) is 0 Å². The number of hydrogen-bond donors (Lipinski definition) is 1. The van der Waals surface area contributed by atoms with E-state index in [1.807, 2.05) is 31.2 Å². The van der Waals surface area contributed by atoms with Crippen molar-refractivity contribution in [3.63, 3.8) is 0 Å². The van der Waals surface area contributed by atoms with Crippen molar-refractivity contribution in [1.82, 2.24) is 0 Å². The van der Waals surface area contributed by atoms with Gasteiger partial charge >= 0.3 is 0 Å². The van der Waals surface area contributed by atoms with Crippen LogP contribution in [-0.2, 0) is 4.74 Å². The number of nitrogens with one attached hydrogen (secondary N) is 1. The predicted octanol–water partition coefficient (Wildman–Crippen LogP) is 3.70. The molecule has 0 radical (unpaired) electrons. The first-order valence-electron chi connectivity index (χ1n) is 6.76. The second kappa shape index (κ2) is 7.98. The summed E-state index contributed by atoms with van der Waals surface area (Å²) in [5.41, 5.74) is 1.07. The van der Waals surface area contributed by atoms with E-state index in [9.17, 15) is 0 Å². The highest BCUT2D eigenvalue weighted by atomic mass is 16.5. The monoisotopic (exact) mass is 251 g/mol. The third kappa shape index (κ3) is 5.41. The lowest BCUT2D eigenvalue weighted by Crippen LogP contribution is -2.21. The summed E-state index contributed by atoms with van der Waals surface area (Å²) in [6.07, 6.45) is 1.26. The topological polar surface area (TPSA) is 30.5 Å². The van der Waals surface area contributed by atoms with Crippen LogP contribution in [0.1, 0.15) is 34.1 Å². The summed E-state index contributed by atoms with van der Waals surface area (Å²) in [5.74, 6) is 0.915. The molecule has 1 N–H and O–H groups in total.